The van der Waals surface area contributed by atoms with Gasteiger partial charge in [-0.1, -0.05) is 103 Å². The number of phenolic OH excluding ortho intramolecular Hbond substituents is 1. The lowest BCUT2D eigenvalue weighted by atomic mass is 9.88. The maximum absolute atomic E-state index is 11.2. The maximum Gasteiger partial charge on any atom is 0.121 e. The summed E-state index contributed by atoms with van der Waals surface area (Å²) in [7, 11) is 2.16. The highest BCUT2D eigenvalue weighted by Gasteiger charge is 2.29. The van der Waals surface area contributed by atoms with Crippen molar-refractivity contribution < 1.29 is 5.11 Å². The third-order valence-corrected chi connectivity index (χ3v) is 6.64. The molecule has 0 saturated carbocycles. The molecule has 0 radical (unpaired) electrons. The molecule has 1 N–H and O–H groups in total. The zero-order chi connectivity index (χ0) is 22.1. The fourth-order valence-corrected chi connectivity index (χ4v) is 4.83. The number of phenols is 1. The molecule has 0 aliphatic rings. The Hall–Kier alpha value is -3.62. The van der Waals surface area contributed by atoms with Gasteiger partial charge in [-0.15, -0.1) is 0 Å². The van der Waals surface area contributed by atoms with Gasteiger partial charge in [0.05, 0.1) is 6.04 Å². The van der Waals surface area contributed by atoms with Crippen LogP contribution in [0.4, 0.5) is 0 Å². The van der Waals surface area contributed by atoms with Gasteiger partial charge in [0.15, 0.2) is 0 Å². The van der Waals surface area contributed by atoms with Gasteiger partial charge in [-0.3, -0.25) is 4.90 Å². The minimum atomic E-state index is -0.123. The zero-order valence-electron chi connectivity index (χ0n) is 18.4. The molecule has 0 unspecified atom stereocenters. The van der Waals surface area contributed by atoms with Crippen molar-refractivity contribution in [2.24, 2.45) is 0 Å². The second kappa shape index (κ2) is 8.49. The smallest absolute Gasteiger partial charge is 0.121 e. The lowest BCUT2D eigenvalue weighted by molar-refractivity contribution is 0.212. The molecule has 5 rings (SSSR count). The van der Waals surface area contributed by atoms with Crippen molar-refractivity contribution in [2.75, 3.05) is 7.05 Å². The largest absolute Gasteiger partial charge is 0.508 e. The van der Waals surface area contributed by atoms with E-state index in [-0.39, 0.29) is 12.1 Å². The number of nitrogens with zero attached hydrogens (tertiary/aromatic N) is 1. The summed E-state index contributed by atoms with van der Waals surface area (Å²) in [6.07, 6.45) is 0. The summed E-state index contributed by atoms with van der Waals surface area (Å²) in [6, 6.07) is 37.7. The van der Waals surface area contributed by atoms with E-state index in [0.717, 1.165) is 16.3 Å². The Labute approximate surface area is 189 Å². The van der Waals surface area contributed by atoms with Crippen LogP contribution in [0.1, 0.15) is 35.7 Å². The van der Waals surface area contributed by atoms with E-state index in [1.54, 1.807) is 0 Å². The predicted molar refractivity (Wildman–Crippen MR) is 134 cm³/mol. The molecule has 32 heavy (non-hydrogen) atoms. The number of benzene rings is 5. The van der Waals surface area contributed by atoms with Crippen molar-refractivity contribution in [3.63, 3.8) is 0 Å². The number of hydrogen-bond acceptors (Lipinski definition) is 2. The Balaban J connectivity index is 1.78. The lowest BCUT2D eigenvalue weighted by Crippen LogP contribution is -2.29. The number of hydrogen-bond donors (Lipinski definition) is 1. The van der Waals surface area contributed by atoms with Crippen LogP contribution in [0, 0.1) is 0 Å². The van der Waals surface area contributed by atoms with Gasteiger partial charge in [-0.05, 0) is 52.7 Å². The van der Waals surface area contributed by atoms with E-state index in [1.165, 1.54) is 21.9 Å². The van der Waals surface area contributed by atoms with E-state index in [1.807, 2.05) is 24.3 Å². The molecule has 0 aromatic heterocycles. The summed E-state index contributed by atoms with van der Waals surface area (Å²) in [4.78, 5) is 2.37. The normalized spacial score (nSPS) is 13.5. The van der Waals surface area contributed by atoms with E-state index in [0.29, 0.717) is 5.75 Å². The molecule has 0 amide bonds. The van der Waals surface area contributed by atoms with Gasteiger partial charge < -0.3 is 5.11 Å². The Morgan fingerprint density at radius 2 is 1.22 bits per heavy atom. The topological polar surface area (TPSA) is 23.5 Å². The van der Waals surface area contributed by atoms with Gasteiger partial charge in [-0.2, -0.15) is 0 Å². The summed E-state index contributed by atoms with van der Waals surface area (Å²) in [5.41, 5.74) is 3.39. The molecule has 158 valence electrons. The predicted octanol–water partition coefficient (Wildman–Crippen LogP) is 7.48. The molecule has 2 atom stereocenters. The van der Waals surface area contributed by atoms with Gasteiger partial charge in [0.2, 0.25) is 0 Å². The minimum Gasteiger partial charge on any atom is -0.508 e. The standard InChI is InChI=1S/C30H27NO/c1-21(22-11-4-3-5-12-22)31(2)30(27-18-10-15-23-13-6-8-16-25(23)27)29-26-17-9-7-14-24(26)19-20-28(29)32/h3-21,30,32H,1-2H3/t21-,30-/m1/s1. The summed E-state index contributed by atoms with van der Waals surface area (Å²) in [5.74, 6) is 0.328. The molecule has 2 nitrogen and oxygen atoms in total. The first-order chi connectivity index (χ1) is 15.6. The average Bonchev–Trinajstić information content (AvgIpc) is 2.85. The van der Waals surface area contributed by atoms with E-state index in [2.05, 4.69) is 104 Å². The van der Waals surface area contributed by atoms with Crippen LogP contribution in [-0.4, -0.2) is 17.1 Å². The van der Waals surface area contributed by atoms with Crippen LogP contribution in [0.25, 0.3) is 21.5 Å². The van der Waals surface area contributed by atoms with Crippen molar-refractivity contribution in [1.82, 2.24) is 4.90 Å². The van der Waals surface area contributed by atoms with Crippen LogP contribution in [0.15, 0.2) is 109 Å². The molecule has 0 aliphatic carbocycles. The van der Waals surface area contributed by atoms with Crippen molar-refractivity contribution in [3.05, 3.63) is 126 Å². The SMILES string of the molecule is C[C@H](c1ccccc1)N(C)[C@H](c1cccc2ccccc12)c1c(O)ccc2ccccc12. The summed E-state index contributed by atoms with van der Waals surface area (Å²) in [6.45, 7) is 2.23. The lowest BCUT2D eigenvalue weighted by Gasteiger charge is -2.36. The fourth-order valence-electron chi connectivity index (χ4n) is 4.83. The summed E-state index contributed by atoms with van der Waals surface area (Å²) >= 11 is 0. The monoisotopic (exact) mass is 417 g/mol. The first-order valence-electron chi connectivity index (χ1n) is 11.1. The van der Waals surface area contributed by atoms with Crippen molar-refractivity contribution in [1.29, 1.82) is 0 Å². The highest BCUT2D eigenvalue weighted by molar-refractivity contribution is 5.91. The summed E-state index contributed by atoms with van der Waals surface area (Å²) < 4.78 is 0. The molecule has 5 aromatic carbocycles. The average molecular weight is 418 g/mol. The van der Waals surface area contributed by atoms with Crippen LogP contribution in [0.3, 0.4) is 0 Å². The number of rotatable bonds is 5. The highest BCUT2D eigenvalue weighted by Crippen LogP contribution is 2.43. The van der Waals surface area contributed by atoms with E-state index >= 15 is 0 Å². The summed E-state index contributed by atoms with van der Waals surface area (Å²) in [5, 5.41) is 15.8. The maximum atomic E-state index is 11.2. The van der Waals surface area contributed by atoms with Crippen LogP contribution in [0.5, 0.6) is 5.75 Å². The van der Waals surface area contributed by atoms with Crippen molar-refractivity contribution >= 4 is 21.5 Å². The third-order valence-electron chi connectivity index (χ3n) is 6.64. The first-order valence-corrected chi connectivity index (χ1v) is 11.1. The highest BCUT2D eigenvalue weighted by atomic mass is 16.3. The van der Waals surface area contributed by atoms with Gasteiger partial charge in [-0.25, -0.2) is 0 Å². The zero-order valence-corrected chi connectivity index (χ0v) is 18.4. The second-order valence-electron chi connectivity index (χ2n) is 8.44. The second-order valence-corrected chi connectivity index (χ2v) is 8.44. The quantitative estimate of drug-likeness (QED) is 0.320. The molecule has 0 saturated heterocycles. The van der Waals surface area contributed by atoms with E-state index in [4.69, 9.17) is 0 Å². The first kappa shape index (κ1) is 20.3. The van der Waals surface area contributed by atoms with E-state index in [9.17, 15) is 5.11 Å². The van der Waals surface area contributed by atoms with Crippen LogP contribution >= 0.6 is 0 Å². The Morgan fingerprint density at radius 3 is 1.97 bits per heavy atom. The van der Waals surface area contributed by atoms with Crippen LogP contribution in [0.2, 0.25) is 0 Å². The third kappa shape index (κ3) is 3.53. The molecule has 0 heterocycles. The Bertz CT molecular complexity index is 1370. The molecule has 0 spiro atoms. The molecular formula is C30H27NO. The van der Waals surface area contributed by atoms with E-state index < -0.39 is 0 Å². The number of fused-ring (bicyclic) bond motifs is 2. The Kier molecular flexibility index (Phi) is 5.38. The fraction of sp³-hybridized carbons (Fsp3) is 0.133. The van der Waals surface area contributed by atoms with Gasteiger partial charge in [0, 0.05) is 11.6 Å². The van der Waals surface area contributed by atoms with Crippen molar-refractivity contribution in [2.45, 2.75) is 19.0 Å². The molecule has 0 fully saturated rings. The number of aromatic hydroxyl groups is 1. The van der Waals surface area contributed by atoms with Gasteiger partial charge in [0.1, 0.15) is 5.75 Å². The van der Waals surface area contributed by atoms with Crippen LogP contribution in [-0.2, 0) is 0 Å². The van der Waals surface area contributed by atoms with Gasteiger partial charge in [0.25, 0.3) is 0 Å². The van der Waals surface area contributed by atoms with Gasteiger partial charge >= 0.3 is 0 Å². The molecular weight excluding hydrogens is 390 g/mol. The molecule has 0 aliphatic heterocycles. The molecule has 2 heteroatoms. The molecule has 5 aromatic rings. The molecule has 0 bridgehead atoms. The van der Waals surface area contributed by atoms with Crippen LogP contribution < -0.4 is 0 Å². The van der Waals surface area contributed by atoms with Crippen molar-refractivity contribution in [3.8, 4) is 5.75 Å². The minimum absolute atomic E-state index is 0.123. The Morgan fingerprint density at radius 1 is 0.625 bits per heavy atom.